The van der Waals surface area contributed by atoms with Crippen LogP contribution in [-0.4, -0.2) is 31.1 Å². The summed E-state index contributed by atoms with van der Waals surface area (Å²) in [7, 11) is -6.09. The van der Waals surface area contributed by atoms with Crippen molar-refractivity contribution in [3.8, 4) is 0 Å². The first-order chi connectivity index (χ1) is 20.0. The predicted molar refractivity (Wildman–Crippen MR) is 161 cm³/mol. The third-order valence-electron chi connectivity index (χ3n) is 6.99. The standard InChI is InChI=1S/C30H53ClNO2.CHF3O3S/c1-3-5-7-9-11-13-15-17-19-21-25-32-26-23-24-28(29(32)31)30(33)34-27-22-20-18-16-14-12-10-8-6-4-2;2-1(3,4)8(5,6)7/h23-24,26H,3-22,25,27H2,1-2H3;(H,5,6,7)/q+1;/p-1. The molecule has 0 amide bonds. The Balaban J connectivity index is 0.00000183. The number of hydrogen-bond donors (Lipinski definition) is 0. The number of halogens is 4. The van der Waals surface area contributed by atoms with Gasteiger partial charge < -0.3 is 9.29 Å². The number of esters is 1. The molecule has 0 saturated heterocycles. The van der Waals surface area contributed by atoms with E-state index in [4.69, 9.17) is 29.3 Å². The van der Waals surface area contributed by atoms with Crippen molar-refractivity contribution < 1.29 is 40.2 Å². The number of rotatable bonds is 23. The Morgan fingerprint density at radius 1 is 0.786 bits per heavy atom. The zero-order valence-corrected chi connectivity index (χ0v) is 27.3. The van der Waals surface area contributed by atoms with Crippen LogP contribution in [0.25, 0.3) is 0 Å². The van der Waals surface area contributed by atoms with E-state index in [0.29, 0.717) is 17.3 Å². The lowest BCUT2D eigenvalue weighted by atomic mass is 10.1. The summed E-state index contributed by atoms with van der Waals surface area (Å²) in [4.78, 5) is 12.5. The van der Waals surface area contributed by atoms with Gasteiger partial charge in [-0.05, 0) is 30.5 Å². The third-order valence-corrected chi connectivity index (χ3v) is 7.98. The van der Waals surface area contributed by atoms with E-state index in [1.54, 1.807) is 6.07 Å². The van der Waals surface area contributed by atoms with Crippen LogP contribution in [0.1, 0.15) is 153 Å². The van der Waals surface area contributed by atoms with Gasteiger partial charge in [0.1, 0.15) is 12.1 Å². The number of aromatic nitrogens is 1. The highest BCUT2D eigenvalue weighted by atomic mass is 35.5. The quantitative estimate of drug-likeness (QED) is 0.0296. The molecule has 11 heteroatoms. The molecule has 0 aliphatic rings. The zero-order valence-electron chi connectivity index (χ0n) is 25.7. The Hall–Kier alpha value is -1.39. The smallest absolute Gasteiger partial charge is 0.485 e. The maximum Gasteiger partial charge on any atom is 0.485 e. The average molecular weight is 644 g/mol. The first-order valence-corrected chi connectivity index (χ1v) is 17.6. The molecule has 0 N–H and O–H groups in total. The van der Waals surface area contributed by atoms with E-state index < -0.39 is 15.6 Å². The highest BCUT2D eigenvalue weighted by Crippen LogP contribution is 2.20. The third kappa shape index (κ3) is 21.3. The average Bonchev–Trinajstić information content (AvgIpc) is 2.92. The first kappa shape index (κ1) is 40.6. The summed E-state index contributed by atoms with van der Waals surface area (Å²) in [6.45, 7) is 5.87. The van der Waals surface area contributed by atoms with Crippen LogP contribution in [0.2, 0.25) is 5.15 Å². The highest BCUT2D eigenvalue weighted by Gasteiger charge is 2.36. The Bertz CT molecular complexity index is 930. The molecule has 42 heavy (non-hydrogen) atoms. The molecule has 0 atom stereocenters. The molecule has 1 heterocycles. The summed E-state index contributed by atoms with van der Waals surface area (Å²) in [5, 5.41) is 0.506. The molecular formula is C31H53ClF3NO5S. The van der Waals surface area contributed by atoms with Crippen LogP contribution in [-0.2, 0) is 21.4 Å². The second-order valence-corrected chi connectivity index (χ2v) is 12.5. The van der Waals surface area contributed by atoms with Crippen LogP contribution in [0.15, 0.2) is 18.3 Å². The Kier molecular flexibility index (Phi) is 24.2. The van der Waals surface area contributed by atoms with Crippen molar-refractivity contribution in [2.24, 2.45) is 0 Å². The minimum atomic E-state index is -6.09. The van der Waals surface area contributed by atoms with E-state index in [1.165, 1.54) is 109 Å². The Morgan fingerprint density at radius 2 is 1.17 bits per heavy atom. The number of hydrogen-bond acceptors (Lipinski definition) is 5. The van der Waals surface area contributed by atoms with Crippen molar-refractivity contribution >= 4 is 27.7 Å². The Morgan fingerprint density at radius 3 is 1.57 bits per heavy atom. The van der Waals surface area contributed by atoms with E-state index in [0.717, 1.165) is 25.8 Å². The molecular weight excluding hydrogens is 591 g/mol. The van der Waals surface area contributed by atoms with Crippen molar-refractivity contribution in [3.05, 3.63) is 29.0 Å². The summed E-state index contributed by atoms with van der Waals surface area (Å²) >= 11 is 6.53. The van der Waals surface area contributed by atoms with Gasteiger partial charge in [0, 0.05) is 12.5 Å². The van der Waals surface area contributed by atoms with Gasteiger partial charge in [-0.25, -0.2) is 13.2 Å². The number of ether oxygens (including phenoxy) is 1. The van der Waals surface area contributed by atoms with Crippen molar-refractivity contribution in [1.82, 2.24) is 0 Å². The van der Waals surface area contributed by atoms with Gasteiger partial charge in [-0.2, -0.15) is 17.7 Å². The van der Waals surface area contributed by atoms with Crippen LogP contribution in [0.4, 0.5) is 13.2 Å². The molecule has 6 nitrogen and oxygen atoms in total. The fourth-order valence-electron chi connectivity index (χ4n) is 4.46. The van der Waals surface area contributed by atoms with Gasteiger partial charge in [-0.1, -0.05) is 123 Å². The van der Waals surface area contributed by atoms with Crippen LogP contribution >= 0.6 is 11.6 Å². The molecule has 0 aliphatic carbocycles. The molecule has 0 aliphatic heterocycles. The molecule has 0 radical (unpaired) electrons. The summed E-state index contributed by atoms with van der Waals surface area (Å²) < 4.78 is 66.4. The van der Waals surface area contributed by atoms with Gasteiger partial charge in [0.05, 0.1) is 6.61 Å². The topological polar surface area (TPSA) is 87.4 Å². The molecule has 0 bridgehead atoms. The first-order valence-electron chi connectivity index (χ1n) is 15.8. The number of unbranched alkanes of at least 4 members (excludes halogenated alkanes) is 18. The summed E-state index contributed by atoms with van der Waals surface area (Å²) in [5.41, 5.74) is -5.16. The van der Waals surface area contributed by atoms with Crippen molar-refractivity contribution in [2.75, 3.05) is 6.61 Å². The zero-order chi connectivity index (χ0) is 31.7. The van der Waals surface area contributed by atoms with E-state index in [-0.39, 0.29) is 5.97 Å². The van der Waals surface area contributed by atoms with Gasteiger partial charge in [0.15, 0.2) is 16.3 Å². The fraction of sp³-hybridized carbons (Fsp3) is 0.806. The molecule has 1 rings (SSSR count). The van der Waals surface area contributed by atoms with Gasteiger partial charge in [0.25, 0.3) is 5.15 Å². The lowest BCUT2D eigenvalue weighted by molar-refractivity contribution is -0.695. The summed E-state index contributed by atoms with van der Waals surface area (Å²) in [6, 6.07) is 3.68. The summed E-state index contributed by atoms with van der Waals surface area (Å²) in [5.74, 6) is -0.293. The minimum absolute atomic E-state index is 0.293. The van der Waals surface area contributed by atoms with Crippen LogP contribution < -0.4 is 4.57 Å². The van der Waals surface area contributed by atoms with Crippen molar-refractivity contribution in [1.29, 1.82) is 0 Å². The lowest BCUT2D eigenvalue weighted by Gasteiger charge is -2.08. The maximum atomic E-state index is 12.5. The number of pyridine rings is 1. The number of nitrogens with zero attached hydrogens (tertiary/aromatic N) is 1. The molecule has 0 spiro atoms. The predicted octanol–water partition coefficient (Wildman–Crippen LogP) is 9.68. The van der Waals surface area contributed by atoms with Crippen LogP contribution in [0.5, 0.6) is 0 Å². The number of carbonyl (C=O) groups excluding carboxylic acids is 1. The van der Waals surface area contributed by atoms with E-state index >= 15 is 0 Å². The lowest BCUT2D eigenvalue weighted by Crippen LogP contribution is -2.36. The highest BCUT2D eigenvalue weighted by molar-refractivity contribution is 7.86. The summed E-state index contributed by atoms with van der Waals surface area (Å²) in [6.07, 6.45) is 27.8. The fourth-order valence-corrected chi connectivity index (χ4v) is 4.74. The molecule has 246 valence electrons. The molecule has 0 saturated carbocycles. The van der Waals surface area contributed by atoms with E-state index in [1.807, 2.05) is 16.8 Å². The molecule has 1 aromatic rings. The monoisotopic (exact) mass is 643 g/mol. The van der Waals surface area contributed by atoms with Gasteiger partial charge in [-0.3, -0.25) is 0 Å². The van der Waals surface area contributed by atoms with Crippen molar-refractivity contribution in [2.45, 2.75) is 154 Å². The number of alkyl halides is 3. The maximum absolute atomic E-state index is 12.5. The van der Waals surface area contributed by atoms with E-state index in [9.17, 15) is 18.0 Å². The van der Waals surface area contributed by atoms with Crippen molar-refractivity contribution in [3.63, 3.8) is 0 Å². The van der Waals surface area contributed by atoms with Crippen LogP contribution in [0, 0.1) is 0 Å². The second-order valence-electron chi connectivity index (χ2n) is 10.8. The SMILES string of the molecule is CCCCCCCCCCCCOC(=O)c1ccc[n+](CCCCCCCCCCCC)c1Cl.O=S(=O)([O-])C(F)(F)F. The van der Waals surface area contributed by atoms with Gasteiger partial charge in [-0.15, -0.1) is 0 Å². The van der Waals surface area contributed by atoms with Gasteiger partial charge in [0.2, 0.25) is 0 Å². The molecule has 0 fully saturated rings. The van der Waals surface area contributed by atoms with E-state index in [2.05, 4.69) is 13.8 Å². The van der Waals surface area contributed by atoms with Crippen LogP contribution in [0.3, 0.4) is 0 Å². The number of carbonyl (C=O) groups is 1. The molecule has 0 aromatic carbocycles. The molecule has 0 unspecified atom stereocenters. The van der Waals surface area contributed by atoms with Gasteiger partial charge >= 0.3 is 11.5 Å². The largest absolute Gasteiger partial charge is 0.741 e. The second kappa shape index (κ2) is 25.0. The number of aryl methyl sites for hydroxylation is 1. The minimum Gasteiger partial charge on any atom is -0.741 e. The Labute approximate surface area is 257 Å². The molecule has 1 aromatic heterocycles. The normalized spacial score (nSPS) is 11.7.